The number of rotatable bonds is 2. The van der Waals surface area contributed by atoms with Crippen molar-refractivity contribution < 1.29 is 14.6 Å². The fourth-order valence-corrected chi connectivity index (χ4v) is 2.36. The van der Waals surface area contributed by atoms with Crippen LogP contribution in [-0.4, -0.2) is 36.9 Å². The Labute approximate surface area is 107 Å². The predicted molar refractivity (Wildman–Crippen MR) is 70.4 cm³/mol. The summed E-state index contributed by atoms with van der Waals surface area (Å²) in [5.41, 5.74) is 2.46. The number of anilines is 1. The summed E-state index contributed by atoms with van der Waals surface area (Å²) in [6.45, 7) is 6.63. The summed E-state index contributed by atoms with van der Waals surface area (Å²) in [6.07, 6.45) is 1.22. The minimum Gasteiger partial charge on any atom is -0.478 e. The zero-order valence-corrected chi connectivity index (χ0v) is 10.8. The molecule has 1 fully saturated rings. The lowest BCUT2D eigenvalue weighted by Gasteiger charge is -2.26. The van der Waals surface area contributed by atoms with Crippen molar-refractivity contribution >= 4 is 11.7 Å². The van der Waals surface area contributed by atoms with Crippen LogP contribution in [0.5, 0.6) is 0 Å². The molecule has 1 aromatic carbocycles. The third-order valence-corrected chi connectivity index (χ3v) is 3.24. The van der Waals surface area contributed by atoms with Gasteiger partial charge in [0.2, 0.25) is 0 Å². The van der Waals surface area contributed by atoms with E-state index in [4.69, 9.17) is 9.84 Å². The highest BCUT2D eigenvalue weighted by Gasteiger charge is 2.17. The minimum atomic E-state index is -0.878. The van der Waals surface area contributed by atoms with E-state index in [-0.39, 0.29) is 6.10 Å². The molecule has 0 spiro atoms. The summed E-state index contributed by atoms with van der Waals surface area (Å²) in [7, 11) is 0. The standard InChI is InChI=1S/C14H19NO3/c1-10-8-12(14(16)17)4-5-13(10)15-6-3-7-18-11(2)9-15/h4-5,8,11H,3,6-7,9H2,1-2H3,(H,16,17). The molecular formula is C14H19NO3. The van der Waals surface area contributed by atoms with E-state index in [1.54, 1.807) is 12.1 Å². The summed E-state index contributed by atoms with van der Waals surface area (Å²) in [6, 6.07) is 5.30. The Balaban J connectivity index is 2.24. The molecule has 4 heteroatoms. The first-order valence-electron chi connectivity index (χ1n) is 6.28. The maximum Gasteiger partial charge on any atom is 0.335 e. The third-order valence-electron chi connectivity index (χ3n) is 3.24. The molecule has 1 aliphatic heterocycles. The van der Waals surface area contributed by atoms with Gasteiger partial charge in [-0.15, -0.1) is 0 Å². The van der Waals surface area contributed by atoms with Crippen LogP contribution in [-0.2, 0) is 4.74 Å². The van der Waals surface area contributed by atoms with Gasteiger partial charge in [0, 0.05) is 25.4 Å². The molecular weight excluding hydrogens is 230 g/mol. The fourth-order valence-electron chi connectivity index (χ4n) is 2.36. The maximum atomic E-state index is 10.9. The van der Waals surface area contributed by atoms with Crippen LogP contribution in [0.4, 0.5) is 5.69 Å². The molecule has 0 aliphatic carbocycles. The van der Waals surface area contributed by atoms with Gasteiger partial charge in [-0.1, -0.05) is 0 Å². The van der Waals surface area contributed by atoms with Crippen molar-refractivity contribution in [2.75, 3.05) is 24.6 Å². The number of benzene rings is 1. The largest absolute Gasteiger partial charge is 0.478 e. The van der Waals surface area contributed by atoms with Crippen LogP contribution < -0.4 is 4.90 Å². The molecule has 1 unspecified atom stereocenters. The minimum absolute atomic E-state index is 0.214. The molecule has 1 aliphatic rings. The van der Waals surface area contributed by atoms with E-state index in [0.29, 0.717) is 5.56 Å². The van der Waals surface area contributed by atoms with E-state index in [9.17, 15) is 4.79 Å². The molecule has 0 aromatic heterocycles. The Kier molecular flexibility index (Phi) is 3.87. The molecule has 0 amide bonds. The van der Waals surface area contributed by atoms with Gasteiger partial charge in [-0.05, 0) is 44.0 Å². The molecule has 1 saturated heterocycles. The van der Waals surface area contributed by atoms with Gasteiger partial charge in [0.1, 0.15) is 0 Å². The van der Waals surface area contributed by atoms with E-state index in [0.717, 1.165) is 37.4 Å². The Morgan fingerprint density at radius 2 is 2.28 bits per heavy atom. The number of carboxylic acids is 1. The highest BCUT2D eigenvalue weighted by molar-refractivity contribution is 5.88. The van der Waals surface area contributed by atoms with Gasteiger partial charge in [0.15, 0.2) is 0 Å². The van der Waals surface area contributed by atoms with Gasteiger partial charge in [0.05, 0.1) is 11.7 Å². The lowest BCUT2D eigenvalue weighted by Crippen LogP contribution is -2.30. The monoisotopic (exact) mass is 249 g/mol. The van der Waals surface area contributed by atoms with Gasteiger partial charge in [-0.25, -0.2) is 4.79 Å². The average molecular weight is 249 g/mol. The van der Waals surface area contributed by atoms with Gasteiger partial charge in [-0.2, -0.15) is 0 Å². The van der Waals surface area contributed by atoms with Crippen LogP contribution in [0.25, 0.3) is 0 Å². The number of nitrogens with zero attached hydrogens (tertiary/aromatic N) is 1. The Hall–Kier alpha value is -1.55. The molecule has 0 saturated carbocycles. The topological polar surface area (TPSA) is 49.8 Å². The molecule has 0 radical (unpaired) electrons. The first-order valence-corrected chi connectivity index (χ1v) is 6.28. The summed E-state index contributed by atoms with van der Waals surface area (Å²) in [5, 5.41) is 8.96. The molecule has 1 heterocycles. The van der Waals surface area contributed by atoms with Crippen molar-refractivity contribution in [3.05, 3.63) is 29.3 Å². The van der Waals surface area contributed by atoms with Crippen molar-refractivity contribution in [2.45, 2.75) is 26.4 Å². The summed E-state index contributed by atoms with van der Waals surface area (Å²) < 4.78 is 5.62. The molecule has 2 rings (SSSR count). The molecule has 4 nitrogen and oxygen atoms in total. The fraction of sp³-hybridized carbons (Fsp3) is 0.500. The van der Waals surface area contributed by atoms with Crippen molar-refractivity contribution in [3.63, 3.8) is 0 Å². The number of carbonyl (C=O) groups is 1. The van der Waals surface area contributed by atoms with Crippen LogP contribution in [0.15, 0.2) is 18.2 Å². The smallest absolute Gasteiger partial charge is 0.335 e. The van der Waals surface area contributed by atoms with Crippen LogP contribution in [0.3, 0.4) is 0 Å². The van der Waals surface area contributed by atoms with Crippen molar-refractivity contribution in [1.29, 1.82) is 0 Å². The Morgan fingerprint density at radius 3 is 2.94 bits per heavy atom. The zero-order valence-electron chi connectivity index (χ0n) is 10.8. The van der Waals surface area contributed by atoms with E-state index in [1.807, 2.05) is 13.0 Å². The van der Waals surface area contributed by atoms with E-state index < -0.39 is 5.97 Å². The quantitative estimate of drug-likeness (QED) is 0.873. The molecule has 1 atom stereocenters. The lowest BCUT2D eigenvalue weighted by molar-refractivity contribution is 0.0696. The van der Waals surface area contributed by atoms with Crippen molar-refractivity contribution in [1.82, 2.24) is 0 Å². The lowest BCUT2D eigenvalue weighted by atomic mass is 10.1. The van der Waals surface area contributed by atoms with Crippen LogP contribution in [0.1, 0.15) is 29.3 Å². The number of hydrogen-bond donors (Lipinski definition) is 1. The van der Waals surface area contributed by atoms with Gasteiger partial charge in [0.25, 0.3) is 0 Å². The number of aromatic carboxylic acids is 1. The highest BCUT2D eigenvalue weighted by Crippen LogP contribution is 2.23. The van der Waals surface area contributed by atoms with Crippen LogP contribution in [0.2, 0.25) is 0 Å². The summed E-state index contributed by atoms with van der Waals surface area (Å²) >= 11 is 0. The first kappa shape index (κ1) is 12.9. The average Bonchev–Trinajstić information content (AvgIpc) is 2.53. The second-order valence-electron chi connectivity index (χ2n) is 4.79. The highest BCUT2D eigenvalue weighted by atomic mass is 16.5. The molecule has 98 valence electrons. The molecule has 1 N–H and O–H groups in total. The molecule has 1 aromatic rings. The van der Waals surface area contributed by atoms with Crippen molar-refractivity contribution in [2.24, 2.45) is 0 Å². The van der Waals surface area contributed by atoms with E-state index in [1.165, 1.54) is 0 Å². The maximum absolute atomic E-state index is 10.9. The number of hydrogen-bond acceptors (Lipinski definition) is 3. The van der Waals surface area contributed by atoms with Crippen LogP contribution >= 0.6 is 0 Å². The van der Waals surface area contributed by atoms with Gasteiger partial charge in [-0.3, -0.25) is 0 Å². The second kappa shape index (κ2) is 5.40. The van der Waals surface area contributed by atoms with Gasteiger partial charge >= 0.3 is 5.97 Å². The van der Waals surface area contributed by atoms with Crippen molar-refractivity contribution in [3.8, 4) is 0 Å². The SMILES string of the molecule is Cc1cc(C(=O)O)ccc1N1CCCOC(C)C1. The Morgan fingerprint density at radius 1 is 1.50 bits per heavy atom. The summed E-state index contributed by atoms with van der Waals surface area (Å²) in [5.74, 6) is -0.878. The van der Waals surface area contributed by atoms with E-state index >= 15 is 0 Å². The second-order valence-corrected chi connectivity index (χ2v) is 4.79. The van der Waals surface area contributed by atoms with Crippen LogP contribution in [0, 0.1) is 6.92 Å². The zero-order chi connectivity index (χ0) is 13.1. The Bertz CT molecular complexity index is 445. The normalized spacial score (nSPS) is 20.6. The summed E-state index contributed by atoms with van der Waals surface area (Å²) in [4.78, 5) is 13.2. The number of aryl methyl sites for hydroxylation is 1. The van der Waals surface area contributed by atoms with E-state index in [2.05, 4.69) is 11.8 Å². The molecule has 18 heavy (non-hydrogen) atoms. The molecule has 0 bridgehead atoms. The number of carboxylic acid groups (broad SMARTS) is 1. The first-order chi connectivity index (χ1) is 8.58. The predicted octanol–water partition coefficient (Wildman–Crippen LogP) is 2.31. The number of ether oxygens (including phenoxy) is 1. The van der Waals surface area contributed by atoms with Gasteiger partial charge < -0.3 is 14.7 Å². The third kappa shape index (κ3) is 2.82.